The smallest absolute Gasteiger partial charge is 0.251 e. The number of carbonyl (C=O) groups is 1. The SMILES string of the molecule is O=C(NC[C@H]1COCCO1)c1cccc(S(=O)(=O)NCc2ccn[nH]2)c1. The summed E-state index contributed by atoms with van der Waals surface area (Å²) in [5.74, 6) is -0.371. The molecule has 1 aromatic carbocycles. The molecule has 3 rings (SSSR count). The quantitative estimate of drug-likeness (QED) is 0.623. The summed E-state index contributed by atoms with van der Waals surface area (Å²) in [6, 6.07) is 7.53. The molecule has 1 aliphatic rings. The Morgan fingerprint density at radius 2 is 2.19 bits per heavy atom. The fourth-order valence-corrected chi connectivity index (χ4v) is 3.46. The van der Waals surface area contributed by atoms with Gasteiger partial charge in [0, 0.05) is 18.3 Å². The van der Waals surface area contributed by atoms with Crippen molar-refractivity contribution in [3.05, 3.63) is 47.8 Å². The van der Waals surface area contributed by atoms with E-state index in [0.29, 0.717) is 32.1 Å². The van der Waals surface area contributed by atoms with Crippen LogP contribution in [0.25, 0.3) is 0 Å². The van der Waals surface area contributed by atoms with Gasteiger partial charge in [-0.3, -0.25) is 9.89 Å². The van der Waals surface area contributed by atoms with E-state index >= 15 is 0 Å². The van der Waals surface area contributed by atoms with E-state index in [2.05, 4.69) is 20.2 Å². The summed E-state index contributed by atoms with van der Waals surface area (Å²) in [7, 11) is -3.75. The van der Waals surface area contributed by atoms with Crippen molar-refractivity contribution in [2.45, 2.75) is 17.5 Å². The largest absolute Gasteiger partial charge is 0.376 e. The maximum Gasteiger partial charge on any atom is 0.251 e. The van der Waals surface area contributed by atoms with Crippen LogP contribution >= 0.6 is 0 Å². The van der Waals surface area contributed by atoms with E-state index in [1.54, 1.807) is 12.1 Å². The van der Waals surface area contributed by atoms with Gasteiger partial charge in [-0.25, -0.2) is 13.1 Å². The molecule has 2 heterocycles. The number of aromatic nitrogens is 2. The number of aromatic amines is 1. The number of H-pyrrole nitrogens is 1. The van der Waals surface area contributed by atoms with E-state index in [-0.39, 0.29) is 29.0 Å². The molecule has 26 heavy (non-hydrogen) atoms. The minimum atomic E-state index is -3.75. The lowest BCUT2D eigenvalue weighted by Gasteiger charge is -2.23. The Balaban J connectivity index is 1.61. The van der Waals surface area contributed by atoms with Crippen molar-refractivity contribution in [2.24, 2.45) is 0 Å². The minimum Gasteiger partial charge on any atom is -0.376 e. The Kier molecular flexibility index (Phi) is 5.99. The molecule has 2 aromatic rings. The van der Waals surface area contributed by atoms with Gasteiger partial charge >= 0.3 is 0 Å². The summed E-state index contributed by atoms with van der Waals surface area (Å²) >= 11 is 0. The lowest BCUT2D eigenvalue weighted by Crippen LogP contribution is -2.39. The minimum absolute atomic E-state index is 0.0157. The molecule has 3 N–H and O–H groups in total. The Labute approximate surface area is 151 Å². The molecule has 1 aromatic heterocycles. The molecule has 10 heteroatoms. The molecule has 1 aliphatic heterocycles. The molecule has 1 amide bonds. The van der Waals surface area contributed by atoms with Gasteiger partial charge in [0.05, 0.1) is 43.1 Å². The van der Waals surface area contributed by atoms with Gasteiger partial charge < -0.3 is 14.8 Å². The van der Waals surface area contributed by atoms with Gasteiger partial charge in [0.2, 0.25) is 10.0 Å². The van der Waals surface area contributed by atoms with Gasteiger partial charge in [0.1, 0.15) is 0 Å². The van der Waals surface area contributed by atoms with Gasteiger partial charge in [0.25, 0.3) is 5.91 Å². The summed E-state index contributed by atoms with van der Waals surface area (Å²) < 4.78 is 38.0. The second-order valence-corrected chi connectivity index (χ2v) is 7.48. The van der Waals surface area contributed by atoms with Crippen LogP contribution in [-0.4, -0.2) is 57.0 Å². The predicted molar refractivity (Wildman–Crippen MR) is 91.9 cm³/mol. The average Bonchev–Trinajstić information content (AvgIpc) is 3.19. The standard InChI is InChI=1S/C16H20N4O5S/c21-16(17-10-14-11-24-6-7-25-14)12-2-1-3-15(8-12)26(22,23)19-9-13-4-5-18-20-13/h1-5,8,14,19H,6-7,9-11H2,(H,17,21)(H,18,20)/t14-/m0/s1. The van der Waals surface area contributed by atoms with Gasteiger partial charge in [-0.1, -0.05) is 6.07 Å². The Hall–Kier alpha value is -2.27. The van der Waals surface area contributed by atoms with Gasteiger partial charge in [-0.15, -0.1) is 0 Å². The lowest BCUT2D eigenvalue weighted by molar-refractivity contribution is -0.0855. The van der Waals surface area contributed by atoms with Crippen LogP contribution in [-0.2, 0) is 26.0 Å². The first kappa shape index (κ1) is 18.5. The molecule has 0 aliphatic carbocycles. The highest BCUT2D eigenvalue weighted by atomic mass is 32.2. The van der Waals surface area contributed by atoms with Crippen LogP contribution in [0.3, 0.4) is 0 Å². The number of ether oxygens (including phenoxy) is 2. The summed E-state index contributed by atoms with van der Waals surface area (Å²) in [5, 5.41) is 9.16. The zero-order valence-corrected chi connectivity index (χ0v) is 14.8. The highest BCUT2D eigenvalue weighted by Crippen LogP contribution is 2.12. The van der Waals surface area contributed by atoms with Crippen LogP contribution in [0.2, 0.25) is 0 Å². The zero-order chi connectivity index (χ0) is 18.4. The fourth-order valence-electron chi connectivity index (χ4n) is 2.41. The summed E-state index contributed by atoms with van der Waals surface area (Å²) in [6.45, 7) is 1.85. The molecule has 0 saturated carbocycles. The summed E-state index contributed by atoms with van der Waals surface area (Å²) in [4.78, 5) is 12.3. The van der Waals surface area contributed by atoms with E-state index in [1.165, 1.54) is 24.4 Å². The first-order valence-electron chi connectivity index (χ1n) is 8.10. The third-order valence-corrected chi connectivity index (χ3v) is 5.19. The molecule has 0 spiro atoms. The van der Waals surface area contributed by atoms with Crippen LogP contribution in [0, 0.1) is 0 Å². The highest BCUT2D eigenvalue weighted by Gasteiger charge is 2.18. The molecule has 9 nitrogen and oxygen atoms in total. The van der Waals surface area contributed by atoms with Crippen molar-refractivity contribution in [1.29, 1.82) is 0 Å². The molecule has 0 bridgehead atoms. The van der Waals surface area contributed by atoms with Crippen molar-refractivity contribution < 1.29 is 22.7 Å². The first-order chi connectivity index (χ1) is 12.5. The number of rotatable bonds is 7. The molecular formula is C16H20N4O5S. The number of carbonyl (C=O) groups excluding carboxylic acids is 1. The van der Waals surface area contributed by atoms with E-state index in [9.17, 15) is 13.2 Å². The van der Waals surface area contributed by atoms with Crippen LogP contribution in [0.15, 0.2) is 41.4 Å². The van der Waals surface area contributed by atoms with Crippen molar-refractivity contribution in [2.75, 3.05) is 26.4 Å². The third kappa shape index (κ3) is 4.88. The van der Waals surface area contributed by atoms with Crippen molar-refractivity contribution in [1.82, 2.24) is 20.2 Å². The Morgan fingerprint density at radius 1 is 1.31 bits per heavy atom. The molecule has 0 unspecified atom stereocenters. The molecule has 1 fully saturated rings. The highest BCUT2D eigenvalue weighted by molar-refractivity contribution is 7.89. The van der Waals surface area contributed by atoms with E-state index < -0.39 is 10.0 Å². The van der Waals surface area contributed by atoms with E-state index in [1.807, 2.05) is 0 Å². The first-order valence-corrected chi connectivity index (χ1v) is 9.58. The third-order valence-electron chi connectivity index (χ3n) is 3.79. The van der Waals surface area contributed by atoms with Crippen molar-refractivity contribution in [3.8, 4) is 0 Å². The maximum atomic E-state index is 12.4. The maximum absolute atomic E-state index is 12.4. The molecule has 1 saturated heterocycles. The van der Waals surface area contributed by atoms with Crippen LogP contribution in [0.4, 0.5) is 0 Å². The second kappa shape index (κ2) is 8.41. The zero-order valence-electron chi connectivity index (χ0n) is 14.0. The number of sulfonamides is 1. The topological polar surface area (TPSA) is 122 Å². The van der Waals surface area contributed by atoms with Crippen molar-refractivity contribution in [3.63, 3.8) is 0 Å². The number of hydrogen-bond donors (Lipinski definition) is 3. The summed E-state index contributed by atoms with van der Waals surface area (Å²) in [6.07, 6.45) is 1.34. The monoisotopic (exact) mass is 380 g/mol. The van der Waals surface area contributed by atoms with E-state index in [0.717, 1.165) is 0 Å². The van der Waals surface area contributed by atoms with Gasteiger partial charge in [-0.05, 0) is 24.3 Å². The normalized spacial score (nSPS) is 17.8. The molecule has 140 valence electrons. The van der Waals surface area contributed by atoms with Crippen LogP contribution < -0.4 is 10.0 Å². The molecular weight excluding hydrogens is 360 g/mol. The number of benzene rings is 1. The lowest BCUT2D eigenvalue weighted by atomic mass is 10.2. The molecule has 1 atom stereocenters. The summed E-state index contributed by atoms with van der Waals surface area (Å²) in [5.41, 5.74) is 0.892. The number of nitrogens with one attached hydrogen (secondary N) is 3. The second-order valence-electron chi connectivity index (χ2n) is 5.71. The van der Waals surface area contributed by atoms with Gasteiger partial charge in [0.15, 0.2) is 0 Å². The fraction of sp³-hybridized carbons (Fsp3) is 0.375. The average molecular weight is 380 g/mol. The Bertz CT molecular complexity index is 832. The Morgan fingerprint density at radius 3 is 2.92 bits per heavy atom. The van der Waals surface area contributed by atoms with Crippen LogP contribution in [0.5, 0.6) is 0 Å². The van der Waals surface area contributed by atoms with Crippen LogP contribution in [0.1, 0.15) is 16.1 Å². The van der Waals surface area contributed by atoms with Gasteiger partial charge in [-0.2, -0.15) is 5.10 Å². The van der Waals surface area contributed by atoms with E-state index in [4.69, 9.17) is 9.47 Å². The molecule has 0 radical (unpaired) electrons. The van der Waals surface area contributed by atoms with Crippen molar-refractivity contribution >= 4 is 15.9 Å². The number of nitrogens with zero attached hydrogens (tertiary/aromatic N) is 1. The predicted octanol–water partition coefficient (Wildman–Crippen LogP) is 0.0334. The number of hydrogen-bond acceptors (Lipinski definition) is 6. The number of amides is 1.